The van der Waals surface area contributed by atoms with Gasteiger partial charge in [-0.25, -0.2) is 0 Å². The van der Waals surface area contributed by atoms with E-state index in [1.807, 2.05) is 49.4 Å². The minimum Gasteiger partial charge on any atom is -0.484 e. The molecule has 1 aromatic carbocycles. The Balaban J connectivity index is 1.41. The molecule has 0 radical (unpaired) electrons. The topological polar surface area (TPSA) is 89.5 Å². The minimum atomic E-state index is -0.296. The van der Waals surface area contributed by atoms with Crippen molar-refractivity contribution < 1.29 is 14.3 Å². The normalized spacial score (nSPS) is 16.2. The zero-order valence-electron chi connectivity index (χ0n) is 17.6. The van der Waals surface area contributed by atoms with E-state index < -0.39 is 0 Å². The summed E-state index contributed by atoms with van der Waals surface area (Å²) in [5.74, 6) is 0.615. The van der Waals surface area contributed by atoms with Gasteiger partial charge in [0.05, 0.1) is 18.8 Å². The Hall–Kier alpha value is -3.04. The molecule has 9 heteroatoms. The number of aromatic nitrogens is 3. The van der Waals surface area contributed by atoms with Gasteiger partial charge in [-0.05, 0) is 37.6 Å². The maximum Gasteiger partial charge on any atom is 0.260 e. The van der Waals surface area contributed by atoms with Gasteiger partial charge in [0, 0.05) is 17.9 Å². The SMILES string of the molecule is CCc1nnc(Nc2cc(C)nc([C@H]3CN(C(=O)COc4ccccc4)CCO3)c2)s1. The van der Waals surface area contributed by atoms with E-state index in [-0.39, 0.29) is 18.6 Å². The summed E-state index contributed by atoms with van der Waals surface area (Å²) in [6.07, 6.45) is 0.559. The highest BCUT2D eigenvalue weighted by Crippen LogP contribution is 2.27. The molecule has 8 nitrogen and oxygen atoms in total. The largest absolute Gasteiger partial charge is 0.484 e. The van der Waals surface area contributed by atoms with Gasteiger partial charge in [-0.15, -0.1) is 10.2 Å². The molecule has 0 aliphatic carbocycles. The number of nitrogens with zero attached hydrogens (tertiary/aromatic N) is 4. The first-order valence-electron chi connectivity index (χ1n) is 10.3. The van der Waals surface area contributed by atoms with Crippen molar-refractivity contribution in [2.24, 2.45) is 0 Å². The van der Waals surface area contributed by atoms with Crippen LogP contribution < -0.4 is 10.1 Å². The summed E-state index contributed by atoms with van der Waals surface area (Å²) < 4.78 is 11.5. The van der Waals surface area contributed by atoms with E-state index in [1.54, 1.807) is 4.90 Å². The fraction of sp³-hybridized carbons (Fsp3) is 0.364. The monoisotopic (exact) mass is 439 g/mol. The number of carbonyl (C=O) groups excluding carboxylic acids is 1. The van der Waals surface area contributed by atoms with E-state index >= 15 is 0 Å². The zero-order chi connectivity index (χ0) is 21.6. The van der Waals surface area contributed by atoms with Crippen LogP contribution in [0.2, 0.25) is 0 Å². The molecule has 1 aliphatic rings. The number of para-hydroxylation sites is 1. The summed E-state index contributed by atoms with van der Waals surface area (Å²) in [6.45, 7) is 5.42. The lowest BCUT2D eigenvalue weighted by molar-refractivity contribution is -0.141. The average molecular weight is 440 g/mol. The summed E-state index contributed by atoms with van der Waals surface area (Å²) in [5, 5.41) is 13.3. The highest BCUT2D eigenvalue weighted by atomic mass is 32.1. The van der Waals surface area contributed by atoms with Crippen LogP contribution in [0.5, 0.6) is 5.75 Å². The summed E-state index contributed by atoms with van der Waals surface area (Å²) in [4.78, 5) is 19.1. The van der Waals surface area contributed by atoms with E-state index in [0.717, 1.165) is 33.6 Å². The third kappa shape index (κ3) is 5.56. The number of benzene rings is 1. The third-order valence-corrected chi connectivity index (χ3v) is 5.83. The average Bonchev–Trinajstić information content (AvgIpc) is 3.25. The standard InChI is InChI=1S/C22H25N5O3S/c1-3-20-25-26-22(31-20)24-16-11-15(2)23-18(12-16)19-13-27(9-10-29-19)21(28)14-30-17-7-5-4-6-8-17/h4-8,11-12,19H,3,9-10,13-14H2,1-2H3,(H,23,24,26)/t19-/m1/s1. The predicted molar refractivity (Wildman–Crippen MR) is 119 cm³/mol. The molecule has 162 valence electrons. The van der Waals surface area contributed by atoms with Crippen LogP contribution in [0.1, 0.15) is 29.4 Å². The Morgan fingerprint density at radius 3 is 2.90 bits per heavy atom. The fourth-order valence-corrected chi connectivity index (χ4v) is 4.01. The number of nitrogens with one attached hydrogen (secondary N) is 1. The van der Waals surface area contributed by atoms with Crippen molar-refractivity contribution in [2.45, 2.75) is 26.4 Å². The first-order chi connectivity index (χ1) is 15.1. The van der Waals surface area contributed by atoms with Crippen molar-refractivity contribution in [1.29, 1.82) is 0 Å². The van der Waals surface area contributed by atoms with Crippen molar-refractivity contribution in [3.05, 3.63) is 58.9 Å². The first kappa shape index (κ1) is 21.2. The van der Waals surface area contributed by atoms with Gasteiger partial charge in [0.1, 0.15) is 16.9 Å². The van der Waals surface area contributed by atoms with Crippen molar-refractivity contribution in [3.63, 3.8) is 0 Å². The Morgan fingerprint density at radius 1 is 1.29 bits per heavy atom. The Bertz CT molecular complexity index is 1030. The number of hydrogen-bond donors (Lipinski definition) is 1. The molecule has 0 unspecified atom stereocenters. The molecule has 4 rings (SSSR count). The molecule has 1 N–H and O–H groups in total. The van der Waals surface area contributed by atoms with Crippen molar-refractivity contribution >= 4 is 28.1 Å². The molecule has 1 fully saturated rings. The first-order valence-corrected chi connectivity index (χ1v) is 11.1. The molecule has 1 amide bonds. The van der Waals surface area contributed by atoms with Crippen LogP contribution in [-0.2, 0) is 16.0 Å². The molecule has 0 bridgehead atoms. The highest BCUT2D eigenvalue weighted by Gasteiger charge is 2.27. The third-order valence-electron chi connectivity index (χ3n) is 4.85. The number of aryl methyl sites for hydroxylation is 2. The van der Waals surface area contributed by atoms with Crippen molar-refractivity contribution in [3.8, 4) is 5.75 Å². The van der Waals surface area contributed by atoms with Crippen LogP contribution >= 0.6 is 11.3 Å². The van der Waals surface area contributed by atoms with E-state index in [2.05, 4.69) is 27.4 Å². The van der Waals surface area contributed by atoms with Crippen LogP contribution in [0, 0.1) is 6.92 Å². The fourth-order valence-electron chi connectivity index (χ4n) is 3.31. The molecule has 1 atom stereocenters. The molecule has 3 heterocycles. The van der Waals surface area contributed by atoms with Crippen LogP contribution in [0.15, 0.2) is 42.5 Å². The van der Waals surface area contributed by atoms with Gasteiger partial charge in [-0.2, -0.15) is 0 Å². The molecule has 1 saturated heterocycles. The lowest BCUT2D eigenvalue weighted by atomic mass is 10.1. The lowest BCUT2D eigenvalue weighted by Gasteiger charge is -2.32. The Kier molecular flexibility index (Phi) is 6.73. The highest BCUT2D eigenvalue weighted by molar-refractivity contribution is 7.15. The van der Waals surface area contributed by atoms with Gasteiger partial charge in [-0.1, -0.05) is 36.5 Å². The van der Waals surface area contributed by atoms with Crippen LogP contribution in [-0.4, -0.2) is 52.3 Å². The Labute approximate surface area is 185 Å². The maximum absolute atomic E-state index is 12.7. The number of anilines is 2. The number of ether oxygens (including phenoxy) is 2. The van der Waals surface area contributed by atoms with Crippen LogP contribution in [0.3, 0.4) is 0 Å². The van der Waals surface area contributed by atoms with Gasteiger partial charge < -0.3 is 19.7 Å². The lowest BCUT2D eigenvalue weighted by Crippen LogP contribution is -2.44. The number of pyridine rings is 1. The molecule has 0 saturated carbocycles. The molecule has 31 heavy (non-hydrogen) atoms. The zero-order valence-corrected chi connectivity index (χ0v) is 18.4. The number of morpholine rings is 1. The molecule has 3 aromatic rings. The summed E-state index contributed by atoms with van der Waals surface area (Å²) in [5.41, 5.74) is 2.52. The second-order valence-electron chi connectivity index (χ2n) is 7.20. The van der Waals surface area contributed by atoms with Gasteiger partial charge >= 0.3 is 0 Å². The second-order valence-corrected chi connectivity index (χ2v) is 8.26. The van der Waals surface area contributed by atoms with E-state index in [0.29, 0.717) is 25.4 Å². The number of carbonyl (C=O) groups is 1. The summed E-state index contributed by atoms with van der Waals surface area (Å²) in [6, 6.07) is 13.2. The van der Waals surface area contributed by atoms with Crippen molar-refractivity contribution in [2.75, 3.05) is 31.6 Å². The number of amides is 1. The quantitative estimate of drug-likeness (QED) is 0.602. The Morgan fingerprint density at radius 2 is 2.13 bits per heavy atom. The van der Waals surface area contributed by atoms with Gasteiger partial charge in [0.2, 0.25) is 5.13 Å². The second kappa shape index (κ2) is 9.84. The van der Waals surface area contributed by atoms with Gasteiger partial charge in [0.25, 0.3) is 5.91 Å². The van der Waals surface area contributed by atoms with Crippen LogP contribution in [0.4, 0.5) is 10.8 Å². The van der Waals surface area contributed by atoms with Crippen LogP contribution in [0.25, 0.3) is 0 Å². The predicted octanol–water partition coefficient (Wildman–Crippen LogP) is 3.53. The summed E-state index contributed by atoms with van der Waals surface area (Å²) >= 11 is 1.53. The summed E-state index contributed by atoms with van der Waals surface area (Å²) in [7, 11) is 0. The van der Waals surface area contributed by atoms with Gasteiger partial charge in [0.15, 0.2) is 6.61 Å². The minimum absolute atomic E-state index is 0.00158. The molecule has 0 spiro atoms. The molecule has 1 aliphatic heterocycles. The smallest absolute Gasteiger partial charge is 0.260 e. The van der Waals surface area contributed by atoms with Gasteiger partial charge in [-0.3, -0.25) is 9.78 Å². The number of hydrogen-bond acceptors (Lipinski definition) is 8. The van der Waals surface area contributed by atoms with Crippen molar-refractivity contribution in [1.82, 2.24) is 20.1 Å². The van der Waals surface area contributed by atoms with E-state index in [4.69, 9.17) is 9.47 Å². The molecule has 2 aromatic heterocycles. The molecular weight excluding hydrogens is 414 g/mol. The van der Waals surface area contributed by atoms with E-state index in [1.165, 1.54) is 11.3 Å². The number of rotatable bonds is 7. The van der Waals surface area contributed by atoms with E-state index in [9.17, 15) is 4.79 Å². The maximum atomic E-state index is 12.7. The molecular formula is C22H25N5O3S.